The molecule has 1 aliphatic rings. The molecule has 0 saturated carbocycles. The van der Waals surface area contributed by atoms with Crippen molar-refractivity contribution in [2.45, 2.75) is 25.4 Å². The number of likely N-dealkylation sites (tertiary alicyclic amines) is 1. The molecule has 3 aromatic rings. The van der Waals surface area contributed by atoms with Gasteiger partial charge in [0.1, 0.15) is 11.7 Å². The second-order valence-electron chi connectivity index (χ2n) is 6.57. The molecular weight excluding hydrogens is 342 g/mol. The number of pyridine rings is 2. The fraction of sp³-hybridized carbons (Fsp3) is 0.300. The molecule has 0 aliphatic carbocycles. The Morgan fingerprint density at radius 3 is 2.63 bits per heavy atom. The van der Waals surface area contributed by atoms with Crippen molar-refractivity contribution < 1.29 is 9.32 Å². The Kier molecular flexibility index (Phi) is 5.20. The van der Waals surface area contributed by atoms with Crippen LogP contribution in [0.25, 0.3) is 11.3 Å². The highest BCUT2D eigenvalue weighted by Crippen LogP contribution is 2.25. The van der Waals surface area contributed by atoms with E-state index in [0.717, 1.165) is 37.1 Å². The third kappa shape index (κ3) is 4.03. The highest BCUT2D eigenvalue weighted by Gasteiger charge is 2.29. The predicted octanol–water partition coefficient (Wildman–Crippen LogP) is 2.58. The Bertz CT molecular complexity index is 876. The molecule has 1 amide bonds. The predicted molar refractivity (Wildman–Crippen MR) is 99.4 cm³/mol. The van der Waals surface area contributed by atoms with Gasteiger partial charge >= 0.3 is 0 Å². The number of rotatable bonds is 6. The molecule has 0 bridgehead atoms. The van der Waals surface area contributed by atoms with Crippen LogP contribution in [0.2, 0.25) is 0 Å². The topological polar surface area (TPSA) is 84.2 Å². The van der Waals surface area contributed by atoms with Crippen molar-refractivity contribution in [1.29, 1.82) is 0 Å². The van der Waals surface area contributed by atoms with Crippen molar-refractivity contribution in [2.24, 2.45) is 0 Å². The maximum atomic E-state index is 12.9. The summed E-state index contributed by atoms with van der Waals surface area (Å²) in [5.74, 6) is 0.554. The van der Waals surface area contributed by atoms with Crippen LogP contribution in [-0.4, -0.2) is 39.0 Å². The van der Waals surface area contributed by atoms with Gasteiger partial charge in [0.2, 0.25) is 5.91 Å². The molecule has 1 N–H and O–H groups in total. The minimum atomic E-state index is -0.332. The van der Waals surface area contributed by atoms with Crippen LogP contribution in [0.4, 0.5) is 0 Å². The van der Waals surface area contributed by atoms with Crippen LogP contribution in [0.15, 0.2) is 59.6 Å². The molecule has 3 aromatic heterocycles. The van der Waals surface area contributed by atoms with E-state index in [0.29, 0.717) is 11.5 Å². The monoisotopic (exact) mass is 363 g/mol. The molecule has 27 heavy (non-hydrogen) atoms. The van der Waals surface area contributed by atoms with Crippen LogP contribution in [0, 0.1) is 0 Å². The second kappa shape index (κ2) is 8.09. The minimum Gasteiger partial charge on any atom is -0.359 e. The van der Waals surface area contributed by atoms with Gasteiger partial charge < -0.3 is 9.84 Å². The van der Waals surface area contributed by atoms with Gasteiger partial charge in [-0.2, -0.15) is 0 Å². The normalized spacial score (nSPS) is 15.6. The summed E-state index contributed by atoms with van der Waals surface area (Å²) in [4.78, 5) is 23.4. The zero-order valence-corrected chi connectivity index (χ0v) is 14.9. The van der Waals surface area contributed by atoms with E-state index in [9.17, 15) is 4.79 Å². The molecular formula is C20H21N5O2. The molecule has 0 unspecified atom stereocenters. The van der Waals surface area contributed by atoms with E-state index >= 15 is 0 Å². The van der Waals surface area contributed by atoms with Crippen LogP contribution < -0.4 is 5.32 Å². The van der Waals surface area contributed by atoms with Crippen LogP contribution in [0.3, 0.4) is 0 Å². The average Bonchev–Trinajstić information content (AvgIpc) is 3.41. The van der Waals surface area contributed by atoms with Crippen molar-refractivity contribution in [3.63, 3.8) is 0 Å². The van der Waals surface area contributed by atoms with E-state index in [1.807, 2.05) is 30.3 Å². The third-order valence-electron chi connectivity index (χ3n) is 4.71. The summed E-state index contributed by atoms with van der Waals surface area (Å²) >= 11 is 0. The molecule has 0 radical (unpaired) electrons. The summed E-state index contributed by atoms with van der Waals surface area (Å²) in [6.45, 7) is 2.12. The first-order valence-electron chi connectivity index (χ1n) is 9.09. The maximum Gasteiger partial charge on any atom is 0.242 e. The van der Waals surface area contributed by atoms with Crippen LogP contribution >= 0.6 is 0 Å². The molecule has 1 atom stereocenters. The number of nitrogens with zero attached hydrogens (tertiary/aromatic N) is 4. The summed E-state index contributed by atoms with van der Waals surface area (Å²) in [7, 11) is 0. The lowest BCUT2D eigenvalue weighted by molar-refractivity contribution is -0.126. The van der Waals surface area contributed by atoms with Crippen LogP contribution in [0.1, 0.15) is 30.2 Å². The van der Waals surface area contributed by atoms with Gasteiger partial charge in [-0.3, -0.25) is 19.7 Å². The molecule has 4 heterocycles. The Balaban J connectivity index is 1.45. The summed E-state index contributed by atoms with van der Waals surface area (Å²) in [5, 5.41) is 7.04. The molecule has 0 spiro atoms. The van der Waals surface area contributed by atoms with Crippen molar-refractivity contribution in [2.75, 3.05) is 13.1 Å². The van der Waals surface area contributed by atoms with Gasteiger partial charge in [0, 0.05) is 36.4 Å². The number of carbonyl (C=O) groups is 1. The Morgan fingerprint density at radius 2 is 1.93 bits per heavy atom. The molecule has 138 valence electrons. The van der Waals surface area contributed by atoms with E-state index in [-0.39, 0.29) is 18.5 Å². The molecule has 1 fully saturated rings. The highest BCUT2D eigenvalue weighted by molar-refractivity contribution is 5.83. The lowest BCUT2D eigenvalue weighted by Crippen LogP contribution is -2.39. The Hall–Kier alpha value is -3.06. The van der Waals surface area contributed by atoms with E-state index in [4.69, 9.17) is 4.52 Å². The Labute approximate surface area is 157 Å². The average molecular weight is 363 g/mol. The van der Waals surface area contributed by atoms with Crippen molar-refractivity contribution >= 4 is 5.91 Å². The van der Waals surface area contributed by atoms with Crippen LogP contribution in [-0.2, 0) is 11.3 Å². The SMILES string of the molecule is O=C(NCc1cc(-c2cccnc2)no1)[C@H](c1cccnc1)N1CCCC1. The van der Waals surface area contributed by atoms with Crippen molar-refractivity contribution in [3.05, 3.63) is 66.4 Å². The number of hydrogen-bond acceptors (Lipinski definition) is 6. The molecule has 1 aliphatic heterocycles. The second-order valence-corrected chi connectivity index (χ2v) is 6.57. The quantitative estimate of drug-likeness (QED) is 0.725. The number of amides is 1. The molecule has 0 aromatic carbocycles. The first-order chi connectivity index (χ1) is 13.3. The summed E-state index contributed by atoms with van der Waals surface area (Å²) in [5.41, 5.74) is 2.49. The fourth-order valence-corrected chi connectivity index (χ4v) is 3.38. The number of nitrogens with one attached hydrogen (secondary N) is 1. The van der Waals surface area contributed by atoms with E-state index in [2.05, 4.69) is 25.3 Å². The number of carbonyl (C=O) groups excluding carboxylic acids is 1. The standard InChI is InChI=1S/C20H21N5O2/c26-20(19(25-9-1-2-10-25)16-6-4-8-22-13-16)23-14-17-11-18(24-27-17)15-5-3-7-21-12-15/h3-8,11-13,19H,1-2,9-10,14H2,(H,23,26)/t19-/m0/s1. The summed E-state index contributed by atoms with van der Waals surface area (Å²) < 4.78 is 5.36. The summed E-state index contributed by atoms with van der Waals surface area (Å²) in [6.07, 6.45) is 9.14. The summed E-state index contributed by atoms with van der Waals surface area (Å²) in [6, 6.07) is 9.07. The first kappa shape index (κ1) is 17.4. The van der Waals surface area contributed by atoms with Gasteiger partial charge in [0.15, 0.2) is 5.76 Å². The number of aromatic nitrogens is 3. The zero-order chi connectivity index (χ0) is 18.5. The van der Waals surface area contributed by atoms with Gasteiger partial charge in [0.25, 0.3) is 0 Å². The molecule has 7 heteroatoms. The lowest BCUT2D eigenvalue weighted by atomic mass is 10.1. The zero-order valence-electron chi connectivity index (χ0n) is 14.9. The lowest BCUT2D eigenvalue weighted by Gasteiger charge is -2.26. The van der Waals surface area contributed by atoms with Crippen molar-refractivity contribution in [3.8, 4) is 11.3 Å². The highest BCUT2D eigenvalue weighted by atomic mass is 16.5. The Morgan fingerprint density at radius 1 is 1.15 bits per heavy atom. The van der Waals surface area contributed by atoms with E-state index in [1.54, 1.807) is 24.8 Å². The van der Waals surface area contributed by atoms with Gasteiger partial charge in [-0.15, -0.1) is 0 Å². The van der Waals surface area contributed by atoms with E-state index in [1.165, 1.54) is 0 Å². The van der Waals surface area contributed by atoms with Gasteiger partial charge in [-0.1, -0.05) is 11.2 Å². The van der Waals surface area contributed by atoms with Gasteiger partial charge in [0.05, 0.1) is 6.54 Å². The third-order valence-corrected chi connectivity index (χ3v) is 4.71. The smallest absolute Gasteiger partial charge is 0.242 e. The fourth-order valence-electron chi connectivity index (χ4n) is 3.38. The van der Waals surface area contributed by atoms with Gasteiger partial charge in [-0.25, -0.2) is 0 Å². The van der Waals surface area contributed by atoms with Gasteiger partial charge in [-0.05, 0) is 49.7 Å². The molecule has 7 nitrogen and oxygen atoms in total. The molecule has 1 saturated heterocycles. The van der Waals surface area contributed by atoms with Crippen LogP contribution in [0.5, 0.6) is 0 Å². The minimum absolute atomic E-state index is 0.0516. The largest absolute Gasteiger partial charge is 0.359 e. The number of hydrogen-bond donors (Lipinski definition) is 1. The van der Waals surface area contributed by atoms with Crippen molar-refractivity contribution in [1.82, 2.24) is 25.3 Å². The molecule has 4 rings (SSSR count). The van der Waals surface area contributed by atoms with E-state index < -0.39 is 0 Å². The maximum absolute atomic E-state index is 12.9. The first-order valence-corrected chi connectivity index (χ1v) is 9.09.